The first-order valence-electron chi connectivity index (χ1n) is 9.54. The van der Waals surface area contributed by atoms with Crippen LogP contribution in [-0.2, 0) is 4.79 Å². The highest BCUT2D eigenvalue weighted by molar-refractivity contribution is 9.10. The third kappa shape index (κ3) is 5.92. The number of benzene rings is 3. The molecule has 3 aromatic carbocycles. The lowest BCUT2D eigenvalue weighted by Gasteiger charge is -2.21. The predicted molar refractivity (Wildman–Crippen MR) is 120 cm³/mol. The first kappa shape index (κ1) is 21.1. The SMILES string of the molecule is COc1ccc([C@@H](NCC(=O)N[C@H](C)c2ccc(Br)cc2)c2ccccc2)cc1. The highest BCUT2D eigenvalue weighted by Gasteiger charge is 2.16. The van der Waals surface area contributed by atoms with Crippen molar-refractivity contribution in [3.63, 3.8) is 0 Å². The van der Waals surface area contributed by atoms with E-state index in [1.54, 1.807) is 7.11 Å². The molecule has 3 rings (SSSR count). The Morgan fingerprint density at radius 1 is 0.897 bits per heavy atom. The average molecular weight is 453 g/mol. The molecular weight excluding hydrogens is 428 g/mol. The molecule has 3 aromatic rings. The third-order valence-electron chi connectivity index (χ3n) is 4.80. The van der Waals surface area contributed by atoms with Crippen LogP contribution < -0.4 is 15.4 Å². The van der Waals surface area contributed by atoms with Crippen LogP contribution in [0, 0.1) is 0 Å². The molecule has 29 heavy (non-hydrogen) atoms. The van der Waals surface area contributed by atoms with Gasteiger partial charge in [0.15, 0.2) is 0 Å². The number of methoxy groups -OCH3 is 1. The van der Waals surface area contributed by atoms with Gasteiger partial charge >= 0.3 is 0 Å². The molecule has 0 radical (unpaired) electrons. The van der Waals surface area contributed by atoms with Crippen LogP contribution in [0.25, 0.3) is 0 Å². The average Bonchev–Trinajstić information content (AvgIpc) is 2.75. The van der Waals surface area contributed by atoms with Crippen molar-refractivity contribution >= 4 is 21.8 Å². The zero-order chi connectivity index (χ0) is 20.6. The fourth-order valence-electron chi connectivity index (χ4n) is 3.19. The minimum Gasteiger partial charge on any atom is -0.497 e. The summed E-state index contributed by atoms with van der Waals surface area (Å²) in [6, 6.07) is 25.8. The van der Waals surface area contributed by atoms with E-state index in [1.807, 2.05) is 73.7 Å². The Labute approximate surface area is 180 Å². The second-order valence-electron chi connectivity index (χ2n) is 6.84. The highest BCUT2D eigenvalue weighted by atomic mass is 79.9. The second-order valence-corrected chi connectivity index (χ2v) is 7.75. The Morgan fingerprint density at radius 2 is 1.48 bits per heavy atom. The van der Waals surface area contributed by atoms with Gasteiger partial charge in [-0.05, 0) is 47.9 Å². The minimum absolute atomic E-state index is 0.0464. The predicted octanol–water partition coefficient (Wildman–Crippen LogP) is 5.01. The number of rotatable bonds is 8. The molecule has 5 heteroatoms. The normalized spacial score (nSPS) is 12.8. The number of ether oxygens (including phenoxy) is 1. The largest absolute Gasteiger partial charge is 0.497 e. The summed E-state index contributed by atoms with van der Waals surface area (Å²) in [5.74, 6) is 0.761. The molecule has 2 N–H and O–H groups in total. The molecule has 0 saturated heterocycles. The topological polar surface area (TPSA) is 50.4 Å². The summed E-state index contributed by atoms with van der Waals surface area (Å²) in [5.41, 5.74) is 3.24. The van der Waals surface area contributed by atoms with Crippen LogP contribution in [0.1, 0.15) is 35.7 Å². The number of carbonyl (C=O) groups is 1. The van der Waals surface area contributed by atoms with Gasteiger partial charge in [0.05, 0.1) is 25.7 Å². The molecule has 0 unspecified atom stereocenters. The van der Waals surface area contributed by atoms with E-state index in [4.69, 9.17) is 4.74 Å². The Balaban J connectivity index is 1.67. The molecule has 0 aliphatic carbocycles. The number of hydrogen-bond acceptors (Lipinski definition) is 3. The van der Waals surface area contributed by atoms with Crippen molar-refractivity contribution in [1.82, 2.24) is 10.6 Å². The van der Waals surface area contributed by atoms with Gasteiger partial charge in [0.25, 0.3) is 0 Å². The molecule has 150 valence electrons. The number of carbonyl (C=O) groups excluding carboxylic acids is 1. The molecule has 1 amide bonds. The number of nitrogens with one attached hydrogen (secondary N) is 2. The molecule has 0 aliphatic heterocycles. The van der Waals surface area contributed by atoms with Crippen LogP contribution in [0.15, 0.2) is 83.3 Å². The zero-order valence-electron chi connectivity index (χ0n) is 16.6. The quantitative estimate of drug-likeness (QED) is 0.504. The van der Waals surface area contributed by atoms with Crippen molar-refractivity contribution in [2.24, 2.45) is 0 Å². The number of halogens is 1. The molecule has 0 heterocycles. The number of amides is 1. The van der Waals surface area contributed by atoms with Crippen LogP contribution in [0.2, 0.25) is 0 Å². The van der Waals surface area contributed by atoms with Gasteiger partial charge in [-0.1, -0.05) is 70.5 Å². The maximum Gasteiger partial charge on any atom is 0.234 e. The maximum atomic E-state index is 12.6. The summed E-state index contributed by atoms with van der Waals surface area (Å²) in [6.07, 6.45) is 0. The minimum atomic E-state index is -0.0872. The lowest BCUT2D eigenvalue weighted by molar-refractivity contribution is -0.121. The molecule has 0 aromatic heterocycles. The summed E-state index contributed by atoms with van der Waals surface area (Å²) >= 11 is 3.43. The fourth-order valence-corrected chi connectivity index (χ4v) is 3.46. The lowest BCUT2D eigenvalue weighted by Crippen LogP contribution is -2.37. The van der Waals surface area contributed by atoms with E-state index >= 15 is 0 Å². The van der Waals surface area contributed by atoms with Gasteiger partial charge in [0.1, 0.15) is 5.75 Å². The van der Waals surface area contributed by atoms with Crippen molar-refractivity contribution in [2.75, 3.05) is 13.7 Å². The molecule has 2 atom stereocenters. The molecule has 0 spiro atoms. The van der Waals surface area contributed by atoms with Gasteiger partial charge in [0.2, 0.25) is 5.91 Å². The Bertz CT molecular complexity index is 912. The van der Waals surface area contributed by atoms with Crippen molar-refractivity contribution in [3.05, 3.63) is 100 Å². The molecule has 0 fully saturated rings. The Morgan fingerprint density at radius 3 is 2.10 bits per heavy atom. The molecule has 0 bridgehead atoms. The van der Waals surface area contributed by atoms with Crippen LogP contribution in [0.3, 0.4) is 0 Å². The first-order valence-corrected chi connectivity index (χ1v) is 10.3. The summed E-state index contributed by atoms with van der Waals surface area (Å²) in [5, 5.41) is 6.45. The fraction of sp³-hybridized carbons (Fsp3) is 0.208. The van der Waals surface area contributed by atoms with Crippen molar-refractivity contribution in [3.8, 4) is 5.75 Å². The van der Waals surface area contributed by atoms with Crippen LogP contribution in [0.4, 0.5) is 0 Å². The Kier molecular flexibility index (Phi) is 7.44. The standard InChI is InChI=1S/C24H25BrN2O2/c1-17(18-8-12-21(25)13-9-18)27-23(28)16-26-24(19-6-4-3-5-7-19)20-10-14-22(29-2)15-11-20/h3-15,17,24,26H,16H2,1-2H3,(H,27,28)/t17-,24+/m1/s1. The van der Waals surface area contributed by atoms with Gasteiger partial charge in [-0.2, -0.15) is 0 Å². The Hall–Kier alpha value is -2.63. The molecular formula is C24H25BrN2O2. The van der Waals surface area contributed by atoms with Crippen LogP contribution >= 0.6 is 15.9 Å². The van der Waals surface area contributed by atoms with E-state index in [1.165, 1.54) is 0 Å². The molecule has 0 saturated carbocycles. The van der Waals surface area contributed by atoms with Crippen molar-refractivity contribution < 1.29 is 9.53 Å². The smallest absolute Gasteiger partial charge is 0.234 e. The van der Waals surface area contributed by atoms with Gasteiger partial charge in [0, 0.05) is 4.47 Å². The first-order chi connectivity index (χ1) is 14.1. The summed E-state index contributed by atoms with van der Waals surface area (Å²) < 4.78 is 6.28. The maximum absolute atomic E-state index is 12.6. The third-order valence-corrected chi connectivity index (χ3v) is 5.32. The van der Waals surface area contributed by atoms with Gasteiger partial charge in [-0.15, -0.1) is 0 Å². The summed E-state index contributed by atoms with van der Waals surface area (Å²) in [6.45, 7) is 2.20. The summed E-state index contributed by atoms with van der Waals surface area (Å²) in [7, 11) is 1.65. The van der Waals surface area contributed by atoms with E-state index in [0.29, 0.717) is 0 Å². The van der Waals surface area contributed by atoms with E-state index in [9.17, 15) is 4.79 Å². The van der Waals surface area contributed by atoms with E-state index < -0.39 is 0 Å². The van der Waals surface area contributed by atoms with E-state index in [2.05, 4.69) is 38.7 Å². The van der Waals surface area contributed by atoms with Crippen LogP contribution in [-0.4, -0.2) is 19.6 Å². The second kappa shape index (κ2) is 10.2. The van der Waals surface area contributed by atoms with Gasteiger partial charge in [-0.3, -0.25) is 10.1 Å². The number of hydrogen-bond donors (Lipinski definition) is 2. The van der Waals surface area contributed by atoms with Gasteiger partial charge < -0.3 is 10.1 Å². The van der Waals surface area contributed by atoms with Gasteiger partial charge in [-0.25, -0.2) is 0 Å². The molecule has 4 nitrogen and oxygen atoms in total. The lowest BCUT2D eigenvalue weighted by atomic mass is 9.98. The van der Waals surface area contributed by atoms with E-state index in [0.717, 1.165) is 26.9 Å². The zero-order valence-corrected chi connectivity index (χ0v) is 18.1. The van der Waals surface area contributed by atoms with Crippen molar-refractivity contribution in [2.45, 2.75) is 19.0 Å². The summed E-state index contributed by atoms with van der Waals surface area (Å²) in [4.78, 5) is 12.6. The van der Waals surface area contributed by atoms with Crippen LogP contribution in [0.5, 0.6) is 5.75 Å². The highest BCUT2D eigenvalue weighted by Crippen LogP contribution is 2.24. The van der Waals surface area contributed by atoms with E-state index in [-0.39, 0.29) is 24.5 Å². The van der Waals surface area contributed by atoms with Crippen molar-refractivity contribution in [1.29, 1.82) is 0 Å². The monoisotopic (exact) mass is 452 g/mol. The molecule has 0 aliphatic rings.